The molecule has 2 aliphatic rings. The molecule has 136 valence electrons. The van der Waals surface area contributed by atoms with Crippen LogP contribution in [0.5, 0.6) is 0 Å². The number of benzene rings is 2. The van der Waals surface area contributed by atoms with E-state index in [-0.39, 0.29) is 30.2 Å². The summed E-state index contributed by atoms with van der Waals surface area (Å²) in [7, 11) is -3.61. The highest BCUT2D eigenvalue weighted by Gasteiger charge is 2.39. The Balaban J connectivity index is 1.78. The van der Waals surface area contributed by atoms with E-state index in [9.17, 15) is 13.2 Å². The molecule has 26 heavy (non-hydrogen) atoms. The van der Waals surface area contributed by atoms with Gasteiger partial charge in [0.2, 0.25) is 10.0 Å². The maximum Gasteiger partial charge on any atom is 0.414 e. The van der Waals surface area contributed by atoms with Crippen LogP contribution in [0.3, 0.4) is 0 Å². The van der Waals surface area contributed by atoms with Crippen LogP contribution in [0.4, 0.5) is 10.5 Å². The van der Waals surface area contributed by atoms with Gasteiger partial charge in [0.25, 0.3) is 0 Å². The zero-order valence-electron chi connectivity index (χ0n) is 14.5. The second-order valence-electron chi connectivity index (χ2n) is 6.67. The average Bonchev–Trinajstić information content (AvgIpc) is 2.98. The minimum atomic E-state index is -3.61. The normalized spacial score (nSPS) is 20.7. The molecule has 2 aliphatic heterocycles. The van der Waals surface area contributed by atoms with Gasteiger partial charge in [-0.15, -0.1) is 0 Å². The van der Waals surface area contributed by atoms with Crippen molar-refractivity contribution in [3.05, 3.63) is 59.7 Å². The standard InChI is InChI=1S/C19H20N2O4S/c1-14-7-8-15-12-20(26(23,24)17-5-3-2-4-6-17)10-9-16-13-25-19(22)21(16)18(15)11-14/h2-8,11,16H,9-10,12-13H2,1H3. The molecule has 0 saturated carbocycles. The molecular formula is C19H20N2O4S. The number of rotatable bonds is 2. The Labute approximate surface area is 153 Å². The molecule has 0 aliphatic carbocycles. The highest BCUT2D eigenvalue weighted by Crippen LogP contribution is 2.33. The van der Waals surface area contributed by atoms with Crippen molar-refractivity contribution in [2.24, 2.45) is 0 Å². The number of hydrogen-bond donors (Lipinski definition) is 0. The van der Waals surface area contributed by atoms with E-state index in [2.05, 4.69) is 0 Å². The molecule has 1 atom stereocenters. The first-order valence-electron chi connectivity index (χ1n) is 8.57. The van der Waals surface area contributed by atoms with E-state index >= 15 is 0 Å². The Kier molecular flexibility index (Phi) is 4.20. The molecule has 1 amide bonds. The van der Waals surface area contributed by atoms with Crippen molar-refractivity contribution in [2.75, 3.05) is 18.1 Å². The number of nitrogens with zero attached hydrogens (tertiary/aromatic N) is 2. The smallest absolute Gasteiger partial charge is 0.414 e. The molecule has 1 fully saturated rings. The molecule has 0 bridgehead atoms. The van der Waals surface area contributed by atoms with E-state index in [1.165, 1.54) is 4.31 Å². The average molecular weight is 372 g/mol. The molecule has 0 spiro atoms. The third-order valence-electron chi connectivity index (χ3n) is 4.90. The summed E-state index contributed by atoms with van der Waals surface area (Å²) in [4.78, 5) is 14.2. The molecule has 0 N–H and O–H groups in total. The molecule has 1 saturated heterocycles. The maximum absolute atomic E-state index is 13.1. The molecule has 2 heterocycles. The van der Waals surface area contributed by atoms with Crippen molar-refractivity contribution in [1.82, 2.24) is 4.31 Å². The van der Waals surface area contributed by atoms with Crippen LogP contribution >= 0.6 is 0 Å². The van der Waals surface area contributed by atoms with Gasteiger partial charge in [0, 0.05) is 13.1 Å². The maximum atomic E-state index is 13.1. The van der Waals surface area contributed by atoms with Crippen molar-refractivity contribution >= 4 is 21.8 Å². The predicted molar refractivity (Wildman–Crippen MR) is 97.4 cm³/mol. The molecule has 4 rings (SSSR count). The molecule has 6 nitrogen and oxygen atoms in total. The lowest BCUT2D eigenvalue weighted by Crippen LogP contribution is -2.42. The Hall–Kier alpha value is -2.38. The fourth-order valence-corrected chi connectivity index (χ4v) is 4.96. The van der Waals surface area contributed by atoms with Crippen molar-refractivity contribution in [1.29, 1.82) is 0 Å². The lowest BCUT2D eigenvalue weighted by atomic mass is 10.0. The van der Waals surface area contributed by atoms with Crippen LogP contribution in [0.15, 0.2) is 53.4 Å². The number of sulfonamides is 1. The van der Waals surface area contributed by atoms with Crippen LogP contribution in [-0.2, 0) is 21.3 Å². The summed E-state index contributed by atoms with van der Waals surface area (Å²) >= 11 is 0. The van der Waals surface area contributed by atoms with Gasteiger partial charge in [-0.1, -0.05) is 30.3 Å². The second-order valence-corrected chi connectivity index (χ2v) is 8.61. The first kappa shape index (κ1) is 17.1. The molecular weight excluding hydrogens is 352 g/mol. The summed E-state index contributed by atoms with van der Waals surface area (Å²) in [5.41, 5.74) is 2.56. The van der Waals surface area contributed by atoms with Gasteiger partial charge in [0.1, 0.15) is 6.61 Å². The van der Waals surface area contributed by atoms with E-state index in [0.717, 1.165) is 16.8 Å². The number of carbonyl (C=O) groups excluding carboxylic acids is 1. The van der Waals surface area contributed by atoms with Gasteiger partial charge in [-0.3, -0.25) is 4.90 Å². The fraction of sp³-hybridized carbons (Fsp3) is 0.316. The van der Waals surface area contributed by atoms with Crippen LogP contribution in [0.1, 0.15) is 17.5 Å². The molecule has 7 heteroatoms. The zero-order valence-corrected chi connectivity index (χ0v) is 15.3. The monoisotopic (exact) mass is 372 g/mol. The molecule has 0 aromatic heterocycles. The van der Waals surface area contributed by atoms with Gasteiger partial charge in [-0.25, -0.2) is 13.2 Å². The zero-order chi connectivity index (χ0) is 18.3. The van der Waals surface area contributed by atoms with E-state index in [1.807, 2.05) is 25.1 Å². The summed E-state index contributed by atoms with van der Waals surface area (Å²) in [6.45, 7) is 2.80. The van der Waals surface area contributed by atoms with Crippen LogP contribution in [-0.4, -0.2) is 38.0 Å². The summed E-state index contributed by atoms with van der Waals surface area (Å²) in [5, 5.41) is 0. The first-order valence-corrected chi connectivity index (χ1v) is 10.0. The van der Waals surface area contributed by atoms with Gasteiger partial charge in [0.15, 0.2) is 0 Å². The Morgan fingerprint density at radius 3 is 2.65 bits per heavy atom. The summed E-state index contributed by atoms with van der Waals surface area (Å²) in [5.74, 6) is 0. The van der Waals surface area contributed by atoms with Crippen molar-refractivity contribution in [3.63, 3.8) is 0 Å². The topological polar surface area (TPSA) is 66.9 Å². The number of cyclic esters (lactones) is 1. The van der Waals surface area contributed by atoms with Crippen LogP contribution in [0.25, 0.3) is 0 Å². The fourth-order valence-electron chi connectivity index (χ4n) is 3.51. The summed E-state index contributed by atoms with van der Waals surface area (Å²) < 4.78 is 32.9. The Bertz CT molecular complexity index is 943. The van der Waals surface area contributed by atoms with Gasteiger partial charge in [0.05, 0.1) is 16.6 Å². The largest absolute Gasteiger partial charge is 0.447 e. The second kappa shape index (κ2) is 6.41. The van der Waals surface area contributed by atoms with Gasteiger partial charge < -0.3 is 4.74 Å². The molecule has 2 aromatic rings. The summed E-state index contributed by atoms with van der Waals surface area (Å²) in [6, 6.07) is 14.1. The third kappa shape index (κ3) is 2.87. The van der Waals surface area contributed by atoms with E-state index in [4.69, 9.17) is 4.74 Å². The third-order valence-corrected chi connectivity index (χ3v) is 6.76. The van der Waals surface area contributed by atoms with E-state index < -0.39 is 10.0 Å². The molecule has 1 unspecified atom stereocenters. The van der Waals surface area contributed by atoms with Crippen LogP contribution in [0, 0.1) is 6.92 Å². The van der Waals surface area contributed by atoms with Crippen LogP contribution < -0.4 is 4.90 Å². The quantitative estimate of drug-likeness (QED) is 0.813. The molecule has 2 aromatic carbocycles. The van der Waals surface area contributed by atoms with Crippen molar-refractivity contribution in [3.8, 4) is 0 Å². The number of carbonyl (C=O) groups is 1. The van der Waals surface area contributed by atoms with Gasteiger partial charge in [-0.05, 0) is 42.7 Å². The predicted octanol–water partition coefficient (Wildman–Crippen LogP) is 2.91. The first-order chi connectivity index (χ1) is 12.5. The summed E-state index contributed by atoms with van der Waals surface area (Å²) in [6.07, 6.45) is 0.173. The molecule has 0 radical (unpaired) electrons. The lowest BCUT2D eigenvalue weighted by Gasteiger charge is -2.32. The Morgan fingerprint density at radius 1 is 1.12 bits per heavy atom. The Morgan fingerprint density at radius 2 is 1.88 bits per heavy atom. The highest BCUT2D eigenvalue weighted by atomic mass is 32.2. The minimum Gasteiger partial charge on any atom is -0.447 e. The van der Waals surface area contributed by atoms with Gasteiger partial charge >= 0.3 is 6.09 Å². The SMILES string of the molecule is Cc1ccc2c(c1)N1C(=O)OCC1CCN(S(=O)(=O)c1ccccc1)C2. The number of ether oxygens (including phenoxy) is 1. The van der Waals surface area contributed by atoms with Crippen molar-refractivity contribution < 1.29 is 17.9 Å². The number of aryl methyl sites for hydroxylation is 1. The van der Waals surface area contributed by atoms with Gasteiger partial charge in [-0.2, -0.15) is 4.31 Å². The van der Waals surface area contributed by atoms with Crippen molar-refractivity contribution in [2.45, 2.75) is 30.8 Å². The minimum absolute atomic E-state index is 0.156. The van der Waals surface area contributed by atoms with E-state index in [0.29, 0.717) is 13.0 Å². The number of hydrogen-bond acceptors (Lipinski definition) is 4. The van der Waals surface area contributed by atoms with Crippen LogP contribution in [0.2, 0.25) is 0 Å². The lowest BCUT2D eigenvalue weighted by molar-refractivity contribution is 0.178. The highest BCUT2D eigenvalue weighted by molar-refractivity contribution is 7.89. The van der Waals surface area contributed by atoms with E-state index in [1.54, 1.807) is 35.2 Å². The number of amides is 1. The number of anilines is 1. The number of fused-ring (bicyclic) bond motifs is 3.